The van der Waals surface area contributed by atoms with Gasteiger partial charge >= 0.3 is 0 Å². The van der Waals surface area contributed by atoms with E-state index in [1.54, 1.807) is 0 Å². The Bertz CT molecular complexity index is 490. The Morgan fingerprint density at radius 3 is 2.88 bits per heavy atom. The fraction of sp³-hybridized carbons (Fsp3) is 0.500. The van der Waals surface area contributed by atoms with Crippen LogP contribution in [0.5, 0.6) is 0 Å². The van der Waals surface area contributed by atoms with Crippen LogP contribution in [0.25, 0.3) is 11.1 Å². The Balaban J connectivity index is 2.24. The minimum atomic E-state index is 0.312. The van der Waals surface area contributed by atoms with Gasteiger partial charge in [0.1, 0.15) is 5.52 Å². The second-order valence-corrected chi connectivity index (χ2v) is 4.42. The van der Waals surface area contributed by atoms with Gasteiger partial charge in [-0.3, -0.25) is 0 Å². The van der Waals surface area contributed by atoms with Gasteiger partial charge < -0.3 is 9.73 Å². The van der Waals surface area contributed by atoms with E-state index >= 15 is 0 Å². The Morgan fingerprint density at radius 2 is 2.18 bits per heavy atom. The monoisotopic (exact) mass is 232 g/mol. The number of rotatable bonds is 5. The van der Waals surface area contributed by atoms with Crippen LogP contribution in [0.15, 0.2) is 22.6 Å². The quantitative estimate of drug-likeness (QED) is 0.860. The maximum absolute atomic E-state index is 5.78. The SMILES string of the molecule is CCNCC(C)c1nc2cc(CC)ccc2o1. The average molecular weight is 232 g/mol. The van der Waals surface area contributed by atoms with Gasteiger partial charge in [0.2, 0.25) is 0 Å². The average Bonchev–Trinajstić information content (AvgIpc) is 2.78. The highest BCUT2D eigenvalue weighted by molar-refractivity contribution is 5.73. The van der Waals surface area contributed by atoms with E-state index in [4.69, 9.17) is 4.42 Å². The van der Waals surface area contributed by atoms with Crippen LogP contribution >= 0.6 is 0 Å². The lowest BCUT2D eigenvalue weighted by molar-refractivity contribution is 0.470. The van der Waals surface area contributed by atoms with Gasteiger partial charge in [-0.15, -0.1) is 0 Å². The molecule has 1 unspecified atom stereocenters. The number of benzene rings is 1. The van der Waals surface area contributed by atoms with Crippen LogP contribution in [0.4, 0.5) is 0 Å². The molecule has 0 amide bonds. The standard InChI is InChI=1S/C14H20N2O/c1-4-11-6-7-13-12(8-11)16-14(17-13)10(3)9-15-5-2/h6-8,10,15H,4-5,9H2,1-3H3. The Morgan fingerprint density at radius 1 is 1.35 bits per heavy atom. The highest BCUT2D eigenvalue weighted by Crippen LogP contribution is 2.22. The van der Waals surface area contributed by atoms with Crippen molar-refractivity contribution in [1.82, 2.24) is 10.3 Å². The van der Waals surface area contributed by atoms with Crippen molar-refractivity contribution in [3.63, 3.8) is 0 Å². The van der Waals surface area contributed by atoms with Crippen molar-refractivity contribution >= 4 is 11.1 Å². The molecule has 0 spiro atoms. The lowest BCUT2D eigenvalue weighted by Crippen LogP contribution is -2.19. The Kier molecular flexibility index (Phi) is 3.79. The highest BCUT2D eigenvalue weighted by Gasteiger charge is 2.12. The lowest BCUT2D eigenvalue weighted by Gasteiger charge is -2.06. The molecule has 3 heteroatoms. The molecule has 2 aromatic rings. The molecule has 1 aromatic carbocycles. The normalized spacial score (nSPS) is 13.1. The minimum Gasteiger partial charge on any atom is -0.440 e. The summed E-state index contributed by atoms with van der Waals surface area (Å²) in [6, 6.07) is 6.24. The van der Waals surface area contributed by atoms with Crippen LogP contribution in [-0.2, 0) is 6.42 Å². The number of nitrogens with one attached hydrogen (secondary N) is 1. The number of nitrogens with zero attached hydrogens (tertiary/aromatic N) is 1. The van der Waals surface area contributed by atoms with Gasteiger partial charge in [-0.2, -0.15) is 0 Å². The predicted molar refractivity (Wildman–Crippen MR) is 70.3 cm³/mol. The third-order valence-corrected chi connectivity index (χ3v) is 3.00. The molecule has 1 heterocycles. The number of oxazole rings is 1. The van der Waals surface area contributed by atoms with Crippen molar-refractivity contribution in [3.05, 3.63) is 29.7 Å². The van der Waals surface area contributed by atoms with Gasteiger partial charge in [-0.05, 0) is 30.7 Å². The summed E-state index contributed by atoms with van der Waals surface area (Å²) in [6.07, 6.45) is 1.03. The van der Waals surface area contributed by atoms with Crippen molar-refractivity contribution in [2.24, 2.45) is 0 Å². The molecule has 0 radical (unpaired) electrons. The van der Waals surface area contributed by atoms with E-state index in [0.717, 1.165) is 36.5 Å². The maximum atomic E-state index is 5.78. The highest BCUT2D eigenvalue weighted by atomic mass is 16.3. The Hall–Kier alpha value is -1.35. The number of likely N-dealkylation sites (N-methyl/N-ethyl adjacent to an activating group) is 1. The number of aromatic nitrogens is 1. The van der Waals surface area contributed by atoms with E-state index in [9.17, 15) is 0 Å². The second kappa shape index (κ2) is 5.32. The molecule has 92 valence electrons. The number of fused-ring (bicyclic) bond motifs is 1. The molecule has 3 nitrogen and oxygen atoms in total. The molecule has 17 heavy (non-hydrogen) atoms. The third-order valence-electron chi connectivity index (χ3n) is 3.00. The first-order valence-corrected chi connectivity index (χ1v) is 6.34. The maximum Gasteiger partial charge on any atom is 0.199 e. The van der Waals surface area contributed by atoms with E-state index < -0.39 is 0 Å². The Labute approximate surface area is 102 Å². The first kappa shape index (κ1) is 12.1. The van der Waals surface area contributed by atoms with E-state index in [1.165, 1.54) is 5.56 Å². The summed E-state index contributed by atoms with van der Waals surface area (Å²) in [5, 5.41) is 3.31. The zero-order valence-electron chi connectivity index (χ0n) is 10.8. The van der Waals surface area contributed by atoms with Crippen LogP contribution in [0.1, 0.15) is 38.1 Å². The zero-order chi connectivity index (χ0) is 12.3. The fourth-order valence-corrected chi connectivity index (χ4v) is 1.87. The van der Waals surface area contributed by atoms with E-state index in [2.05, 4.69) is 43.2 Å². The second-order valence-electron chi connectivity index (χ2n) is 4.42. The summed E-state index contributed by atoms with van der Waals surface area (Å²) >= 11 is 0. The van der Waals surface area contributed by atoms with Gasteiger partial charge in [0.25, 0.3) is 0 Å². The molecule has 0 saturated carbocycles. The number of aryl methyl sites for hydroxylation is 1. The number of hydrogen-bond donors (Lipinski definition) is 1. The predicted octanol–water partition coefficient (Wildman–Crippen LogP) is 3.10. The molecule has 0 bridgehead atoms. The molecule has 0 saturated heterocycles. The molecule has 0 aliphatic carbocycles. The van der Waals surface area contributed by atoms with Crippen molar-refractivity contribution in [3.8, 4) is 0 Å². The summed E-state index contributed by atoms with van der Waals surface area (Å²) in [6.45, 7) is 8.27. The summed E-state index contributed by atoms with van der Waals surface area (Å²) in [5.41, 5.74) is 3.17. The minimum absolute atomic E-state index is 0.312. The fourth-order valence-electron chi connectivity index (χ4n) is 1.87. The topological polar surface area (TPSA) is 38.1 Å². The summed E-state index contributed by atoms with van der Waals surface area (Å²) in [5.74, 6) is 1.14. The summed E-state index contributed by atoms with van der Waals surface area (Å²) < 4.78 is 5.78. The van der Waals surface area contributed by atoms with E-state index in [0.29, 0.717) is 5.92 Å². The van der Waals surface area contributed by atoms with Gasteiger partial charge in [-0.1, -0.05) is 26.8 Å². The van der Waals surface area contributed by atoms with E-state index in [1.807, 2.05) is 6.07 Å². The van der Waals surface area contributed by atoms with Crippen molar-refractivity contribution < 1.29 is 4.42 Å². The molecule has 1 N–H and O–H groups in total. The zero-order valence-corrected chi connectivity index (χ0v) is 10.8. The summed E-state index contributed by atoms with van der Waals surface area (Å²) in [4.78, 5) is 4.57. The molecular weight excluding hydrogens is 212 g/mol. The smallest absolute Gasteiger partial charge is 0.199 e. The van der Waals surface area contributed by atoms with E-state index in [-0.39, 0.29) is 0 Å². The first-order valence-electron chi connectivity index (χ1n) is 6.34. The van der Waals surface area contributed by atoms with Gasteiger partial charge in [0, 0.05) is 12.5 Å². The molecule has 1 aromatic heterocycles. The molecule has 1 atom stereocenters. The molecule has 0 fully saturated rings. The van der Waals surface area contributed by atoms with Gasteiger partial charge in [0.05, 0.1) is 0 Å². The third kappa shape index (κ3) is 2.67. The van der Waals surface area contributed by atoms with Crippen molar-refractivity contribution in [2.75, 3.05) is 13.1 Å². The largest absolute Gasteiger partial charge is 0.440 e. The first-order chi connectivity index (χ1) is 8.24. The molecule has 0 aliphatic rings. The molecule has 0 aliphatic heterocycles. The van der Waals surface area contributed by atoms with Crippen LogP contribution in [0.2, 0.25) is 0 Å². The van der Waals surface area contributed by atoms with Crippen molar-refractivity contribution in [2.45, 2.75) is 33.1 Å². The van der Waals surface area contributed by atoms with Crippen LogP contribution in [0, 0.1) is 0 Å². The molecular formula is C14H20N2O. The molecule has 2 rings (SSSR count). The van der Waals surface area contributed by atoms with Crippen molar-refractivity contribution in [1.29, 1.82) is 0 Å². The van der Waals surface area contributed by atoms with Crippen LogP contribution in [0.3, 0.4) is 0 Å². The summed E-state index contributed by atoms with van der Waals surface area (Å²) in [7, 11) is 0. The lowest BCUT2D eigenvalue weighted by atomic mass is 10.1. The van der Waals surface area contributed by atoms with Gasteiger partial charge in [-0.25, -0.2) is 4.98 Å². The van der Waals surface area contributed by atoms with Crippen LogP contribution < -0.4 is 5.32 Å². The van der Waals surface area contributed by atoms with Crippen LogP contribution in [-0.4, -0.2) is 18.1 Å². The number of hydrogen-bond acceptors (Lipinski definition) is 3. The van der Waals surface area contributed by atoms with Gasteiger partial charge in [0.15, 0.2) is 11.5 Å².